The summed E-state index contributed by atoms with van der Waals surface area (Å²) in [4.78, 5) is 8.38. The van der Waals surface area contributed by atoms with E-state index in [1.807, 2.05) is 18.5 Å². The highest BCUT2D eigenvalue weighted by Crippen LogP contribution is 2.29. The minimum absolute atomic E-state index is 0.337. The standard InChI is InChI=1S/C16H15BrFN3/c1-3-10(2)15-8-20-16-14(17)5-12(9-21(15)16)11-4-13(18)7-19-6-11/h4-10H,3H2,1-2H3. The van der Waals surface area contributed by atoms with Crippen molar-refractivity contribution in [3.8, 4) is 11.1 Å². The summed E-state index contributed by atoms with van der Waals surface area (Å²) >= 11 is 3.55. The Kier molecular flexibility index (Phi) is 3.76. The first-order valence-electron chi connectivity index (χ1n) is 6.87. The fourth-order valence-corrected chi connectivity index (χ4v) is 2.91. The maximum absolute atomic E-state index is 13.4. The highest BCUT2D eigenvalue weighted by atomic mass is 79.9. The summed E-state index contributed by atoms with van der Waals surface area (Å²) in [5.41, 5.74) is 3.68. The molecule has 3 heterocycles. The average Bonchev–Trinajstić information content (AvgIpc) is 2.91. The van der Waals surface area contributed by atoms with Crippen molar-refractivity contribution in [3.05, 3.63) is 52.9 Å². The second-order valence-electron chi connectivity index (χ2n) is 5.15. The lowest BCUT2D eigenvalue weighted by molar-refractivity contribution is 0.622. The number of aromatic nitrogens is 3. The van der Waals surface area contributed by atoms with Crippen LogP contribution in [-0.2, 0) is 0 Å². The van der Waals surface area contributed by atoms with E-state index in [0.717, 1.165) is 33.4 Å². The number of halogens is 2. The van der Waals surface area contributed by atoms with Gasteiger partial charge in [-0.1, -0.05) is 13.8 Å². The minimum Gasteiger partial charge on any atom is -0.302 e. The Bertz CT molecular complexity index is 797. The van der Waals surface area contributed by atoms with Crippen molar-refractivity contribution < 1.29 is 4.39 Å². The summed E-state index contributed by atoms with van der Waals surface area (Å²) in [5, 5.41) is 0. The Morgan fingerprint density at radius 1 is 1.24 bits per heavy atom. The molecule has 3 rings (SSSR count). The smallest absolute Gasteiger partial charge is 0.151 e. The van der Waals surface area contributed by atoms with E-state index in [-0.39, 0.29) is 5.82 Å². The molecule has 3 aromatic heterocycles. The Labute approximate surface area is 131 Å². The molecule has 0 saturated carbocycles. The largest absolute Gasteiger partial charge is 0.302 e. The van der Waals surface area contributed by atoms with Crippen molar-refractivity contribution in [2.45, 2.75) is 26.2 Å². The molecule has 21 heavy (non-hydrogen) atoms. The molecular weight excluding hydrogens is 333 g/mol. The van der Waals surface area contributed by atoms with Crippen molar-refractivity contribution in [2.24, 2.45) is 0 Å². The normalized spacial score (nSPS) is 12.8. The number of hydrogen-bond donors (Lipinski definition) is 0. The summed E-state index contributed by atoms with van der Waals surface area (Å²) in [5.74, 6) is 0.0734. The molecule has 0 bridgehead atoms. The molecule has 0 fully saturated rings. The van der Waals surface area contributed by atoms with Gasteiger partial charge < -0.3 is 4.40 Å². The van der Waals surface area contributed by atoms with Crippen LogP contribution in [0, 0.1) is 5.82 Å². The Hall–Kier alpha value is -1.75. The zero-order valence-electron chi connectivity index (χ0n) is 11.8. The molecule has 0 aliphatic carbocycles. The van der Waals surface area contributed by atoms with Gasteiger partial charge in [-0.15, -0.1) is 0 Å². The molecule has 0 aliphatic rings. The maximum atomic E-state index is 13.4. The third-order valence-electron chi connectivity index (χ3n) is 3.74. The summed E-state index contributed by atoms with van der Waals surface area (Å²) in [6.45, 7) is 4.33. The van der Waals surface area contributed by atoms with Crippen LogP contribution < -0.4 is 0 Å². The van der Waals surface area contributed by atoms with E-state index in [0.29, 0.717) is 5.92 Å². The molecule has 3 aromatic rings. The van der Waals surface area contributed by atoms with E-state index in [9.17, 15) is 4.39 Å². The molecule has 0 saturated heterocycles. The first-order chi connectivity index (χ1) is 10.1. The molecule has 0 N–H and O–H groups in total. The topological polar surface area (TPSA) is 30.2 Å². The Morgan fingerprint density at radius 3 is 2.76 bits per heavy atom. The molecular formula is C16H15BrFN3. The minimum atomic E-state index is -0.337. The van der Waals surface area contributed by atoms with Gasteiger partial charge in [0.15, 0.2) is 5.65 Å². The summed E-state index contributed by atoms with van der Waals surface area (Å²) in [6, 6.07) is 3.43. The van der Waals surface area contributed by atoms with Gasteiger partial charge in [0, 0.05) is 35.4 Å². The first-order valence-corrected chi connectivity index (χ1v) is 7.67. The molecule has 1 unspecified atom stereocenters. The average molecular weight is 348 g/mol. The quantitative estimate of drug-likeness (QED) is 0.680. The third-order valence-corrected chi connectivity index (χ3v) is 4.33. The van der Waals surface area contributed by atoms with Crippen LogP contribution in [0.1, 0.15) is 31.9 Å². The molecule has 0 aliphatic heterocycles. The number of rotatable bonds is 3. The van der Waals surface area contributed by atoms with E-state index < -0.39 is 0 Å². The van der Waals surface area contributed by atoms with E-state index in [1.165, 1.54) is 12.3 Å². The van der Waals surface area contributed by atoms with Crippen LogP contribution in [-0.4, -0.2) is 14.4 Å². The predicted molar refractivity (Wildman–Crippen MR) is 84.8 cm³/mol. The lowest BCUT2D eigenvalue weighted by atomic mass is 10.1. The van der Waals surface area contributed by atoms with Gasteiger partial charge in [0.25, 0.3) is 0 Å². The van der Waals surface area contributed by atoms with Gasteiger partial charge in [-0.25, -0.2) is 9.37 Å². The summed E-state index contributed by atoms with van der Waals surface area (Å²) in [7, 11) is 0. The van der Waals surface area contributed by atoms with Gasteiger partial charge in [-0.05, 0) is 40.4 Å². The third kappa shape index (κ3) is 2.58. The lowest BCUT2D eigenvalue weighted by Crippen LogP contribution is -1.98. The van der Waals surface area contributed by atoms with Gasteiger partial charge in [0.05, 0.1) is 10.7 Å². The zero-order valence-corrected chi connectivity index (χ0v) is 13.4. The van der Waals surface area contributed by atoms with Crippen LogP contribution >= 0.6 is 15.9 Å². The fourth-order valence-electron chi connectivity index (χ4n) is 2.37. The molecule has 0 radical (unpaired) electrons. The van der Waals surface area contributed by atoms with E-state index in [4.69, 9.17) is 0 Å². The van der Waals surface area contributed by atoms with Crippen molar-refractivity contribution >= 4 is 21.6 Å². The summed E-state index contributed by atoms with van der Waals surface area (Å²) < 4.78 is 16.3. The Morgan fingerprint density at radius 2 is 2.05 bits per heavy atom. The number of pyridine rings is 2. The molecule has 108 valence electrons. The number of fused-ring (bicyclic) bond motifs is 1. The SMILES string of the molecule is CCC(C)c1cnc2c(Br)cc(-c3cncc(F)c3)cn12. The number of nitrogens with zero attached hydrogens (tertiary/aromatic N) is 3. The van der Waals surface area contributed by atoms with Crippen molar-refractivity contribution in [1.82, 2.24) is 14.4 Å². The fraction of sp³-hybridized carbons (Fsp3) is 0.250. The first kappa shape index (κ1) is 14.2. The van der Waals surface area contributed by atoms with Crippen molar-refractivity contribution in [1.29, 1.82) is 0 Å². The van der Waals surface area contributed by atoms with Gasteiger partial charge in [0.2, 0.25) is 0 Å². The van der Waals surface area contributed by atoms with E-state index >= 15 is 0 Å². The predicted octanol–water partition coefficient (Wildman–Crippen LogP) is 4.81. The van der Waals surface area contributed by atoms with Crippen molar-refractivity contribution in [2.75, 3.05) is 0 Å². The van der Waals surface area contributed by atoms with Crippen LogP contribution in [0.15, 0.2) is 41.4 Å². The van der Waals surface area contributed by atoms with Gasteiger partial charge in [-0.2, -0.15) is 0 Å². The van der Waals surface area contributed by atoms with Crippen LogP contribution in [0.2, 0.25) is 0 Å². The van der Waals surface area contributed by atoms with Crippen LogP contribution in [0.3, 0.4) is 0 Å². The van der Waals surface area contributed by atoms with E-state index in [1.54, 1.807) is 6.20 Å². The van der Waals surface area contributed by atoms with Gasteiger partial charge in [-0.3, -0.25) is 4.98 Å². The highest BCUT2D eigenvalue weighted by Gasteiger charge is 2.13. The molecule has 0 spiro atoms. The summed E-state index contributed by atoms with van der Waals surface area (Å²) in [6.07, 6.45) is 7.81. The zero-order chi connectivity index (χ0) is 15.0. The van der Waals surface area contributed by atoms with Crippen LogP contribution in [0.5, 0.6) is 0 Å². The van der Waals surface area contributed by atoms with Gasteiger partial charge >= 0.3 is 0 Å². The molecule has 0 aromatic carbocycles. The maximum Gasteiger partial charge on any atom is 0.151 e. The Balaban J connectivity index is 2.21. The number of imidazole rings is 1. The second-order valence-corrected chi connectivity index (χ2v) is 6.01. The van der Waals surface area contributed by atoms with Gasteiger partial charge in [0.1, 0.15) is 5.82 Å². The lowest BCUT2D eigenvalue weighted by Gasteiger charge is -2.10. The van der Waals surface area contributed by atoms with E-state index in [2.05, 4.69) is 44.1 Å². The van der Waals surface area contributed by atoms with Crippen LogP contribution in [0.4, 0.5) is 4.39 Å². The molecule has 0 amide bonds. The second kappa shape index (κ2) is 5.56. The van der Waals surface area contributed by atoms with Crippen LogP contribution in [0.25, 0.3) is 16.8 Å². The molecule has 5 heteroatoms. The number of hydrogen-bond acceptors (Lipinski definition) is 2. The van der Waals surface area contributed by atoms with Crippen molar-refractivity contribution in [3.63, 3.8) is 0 Å². The molecule has 3 nitrogen and oxygen atoms in total. The highest BCUT2D eigenvalue weighted by molar-refractivity contribution is 9.10. The monoisotopic (exact) mass is 347 g/mol. The molecule has 1 atom stereocenters.